The summed E-state index contributed by atoms with van der Waals surface area (Å²) in [6.45, 7) is 0. The van der Waals surface area contributed by atoms with Crippen LogP contribution >= 0.6 is 22.9 Å². The maximum Gasteiger partial charge on any atom is 0.145 e. The lowest BCUT2D eigenvalue weighted by Crippen LogP contribution is -2.02. The summed E-state index contributed by atoms with van der Waals surface area (Å²) in [5, 5.41) is 11.9. The molecule has 0 aliphatic carbocycles. The first-order valence-electron chi connectivity index (χ1n) is 5.35. The summed E-state index contributed by atoms with van der Waals surface area (Å²) in [6, 6.07) is 6.52. The zero-order valence-corrected chi connectivity index (χ0v) is 11.3. The first kappa shape index (κ1) is 13.3. The van der Waals surface area contributed by atoms with Crippen molar-refractivity contribution in [1.29, 1.82) is 0 Å². The van der Waals surface area contributed by atoms with Crippen LogP contribution in [0, 0.1) is 5.82 Å². The molecule has 2 rings (SSSR count). The lowest BCUT2D eigenvalue weighted by Gasteiger charge is -2.09. The van der Waals surface area contributed by atoms with E-state index in [1.807, 2.05) is 0 Å². The van der Waals surface area contributed by atoms with E-state index in [4.69, 9.17) is 16.3 Å². The van der Waals surface area contributed by atoms with Gasteiger partial charge in [0.15, 0.2) is 0 Å². The van der Waals surface area contributed by atoms with Gasteiger partial charge in [0.25, 0.3) is 0 Å². The molecule has 1 heterocycles. The van der Waals surface area contributed by atoms with Gasteiger partial charge in [-0.3, -0.25) is 0 Å². The van der Waals surface area contributed by atoms with Crippen molar-refractivity contribution < 1.29 is 14.2 Å². The molecular formula is C13H12ClFO2S. The molecule has 2 aromatic rings. The zero-order chi connectivity index (χ0) is 13.1. The molecule has 0 aliphatic heterocycles. The average Bonchev–Trinajstić information content (AvgIpc) is 2.83. The summed E-state index contributed by atoms with van der Waals surface area (Å²) in [5.41, 5.74) is 0.405. The van der Waals surface area contributed by atoms with Crippen molar-refractivity contribution in [1.82, 2.24) is 0 Å². The molecule has 2 nitrogen and oxygen atoms in total. The molecule has 1 unspecified atom stereocenters. The number of hydrogen-bond donors (Lipinski definition) is 1. The minimum atomic E-state index is -0.758. The van der Waals surface area contributed by atoms with Crippen molar-refractivity contribution in [2.45, 2.75) is 12.5 Å². The summed E-state index contributed by atoms with van der Waals surface area (Å²) in [7, 11) is 1.56. The van der Waals surface area contributed by atoms with E-state index in [9.17, 15) is 9.50 Å². The largest absolute Gasteiger partial charge is 0.496 e. The summed E-state index contributed by atoms with van der Waals surface area (Å²) < 4.78 is 18.7. The van der Waals surface area contributed by atoms with Crippen LogP contribution in [0.4, 0.5) is 4.39 Å². The first-order chi connectivity index (χ1) is 8.61. The highest BCUT2D eigenvalue weighted by Crippen LogP contribution is 2.30. The highest BCUT2D eigenvalue weighted by Gasteiger charge is 2.15. The van der Waals surface area contributed by atoms with Crippen molar-refractivity contribution in [3.05, 3.63) is 50.9 Å². The highest BCUT2D eigenvalue weighted by molar-refractivity contribution is 7.10. The molecule has 1 aromatic heterocycles. The summed E-state index contributed by atoms with van der Waals surface area (Å²) >= 11 is 7.08. The van der Waals surface area contributed by atoms with E-state index in [0.29, 0.717) is 11.3 Å². The number of thiophene rings is 1. The lowest BCUT2D eigenvalue weighted by atomic mass is 10.1. The van der Waals surface area contributed by atoms with Gasteiger partial charge in [-0.2, -0.15) is 0 Å². The second kappa shape index (κ2) is 5.69. The monoisotopic (exact) mass is 286 g/mol. The van der Waals surface area contributed by atoms with Crippen LogP contribution in [-0.2, 0) is 6.42 Å². The number of benzene rings is 1. The van der Waals surface area contributed by atoms with Crippen LogP contribution in [0.25, 0.3) is 0 Å². The Morgan fingerprint density at radius 1 is 1.50 bits per heavy atom. The average molecular weight is 287 g/mol. The molecule has 1 aromatic carbocycles. The van der Waals surface area contributed by atoms with Crippen LogP contribution in [0.3, 0.4) is 0 Å². The van der Waals surface area contributed by atoms with Gasteiger partial charge in [-0.1, -0.05) is 23.7 Å². The molecule has 0 aliphatic rings. The second-order valence-corrected chi connectivity index (χ2v) is 5.17. The van der Waals surface area contributed by atoms with Crippen LogP contribution in [-0.4, -0.2) is 12.2 Å². The third-order valence-electron chi connectivity index (χ3n) is 2.60. The fourth-order valence-electron chi connectivity index (χ4n) is 1.63. The Morgan fingerprint density at radius 2 is 2.28 bits per heavy atom. The van der Waals surface area contributed by atoms with E-state index >= 15 is 0 Å². The number of aliphatic hydroxyl groups is 1. The summed E-state index contributed by atoms with van der Waals surface area (Å²) in [6.07, 6.45) is -0.567. The Hall–Kier alpha value is -1.10. The van der Waals surface area contributed by atoms with E-state index < -0.39 is 11.9 Å². The maximum atomic E-state index is 13.7. The summed E-state index contributed by atoms with van der Waals surface area (Å²) in [5.74, 6) is 0.224. The number of hydrogen-bond acceptors (Lipinski definition) is 3. The number of halogens is 2. The van der Waals surface area contributed by atoms with E-state index in [1.54, 1.807) is 30.7 Å². The number of rotatable bonds is 4. The molecule has 0 amide bonds. The van der Waals surface area contributed by atoms with Crippen molar-refractivity contribution in [2.24, 2.45) is 0 Å². The molecule has 0 bridgehead atoms. The molecule has 0 saturated heterocycles. The Bertz CT molecular complexity index is 542. The fraction of sp³-hybridized carbons (Fsp3) is 0.231. The normalized spacial score (nSPS) is 12.4. The second-order valence-electron chi connectivity index (χ2n) is 3.82. The van der Waals surface area contributed by atoms with Gasteiger partial charge in [0.05, 0.1) is 18.2 Å². The van der Waals surface area contributed by atoms with Gasteiger partial charge in [-0.05, 0) is 17.7 Å². The van der Waals surface area contributed by atoms with Crippen molar-refractivity contribution in [3.63, 3.8) is 0 Å². The molecule has 18 heavy (non-hydrogen) atoms. The van der Waals surface area contributed by atoms with E-state index in [1.165, 1.54) is 17.4 Å². The zero-order valence-electron chi connectivity index (χ0n) is 9.69. The SMILES string of the molecule is COc1csc(C(O)Cc2cccc(Cl)c2F)c1. The summed E-state index contributed by atoms with van der Waals surface area (Å²) in [4.78, 5) is 0.742. The van der Waals surface area contributed by atoms with Gasteiger partial charge < -0.3 is 9.84 Å². The fourth-order valence-corrected chi connectivity index (χ4v) is 2.67. The molecule has 0 saturated carbocycles. The van der Waals surface area contributed by atoms with Crippen LogP contribution in [0.15, 0.2) is 29.6 Å². The maximum absolute atomic E-state index is 13.7. The molecule has 1 N–H and O–H groups in total. The van der Waals surface area contributed by atoms with Gasteiger partial charge in [-0.15, -0.1) is 11.3 Å². The van der Waals surface area contributed by atoms with Gasteiger partial charge >= 0.3 is 0 Å². The smallest absolute Gasteiger partial charge is 0.145 e. The van der Waals surface area contributed by atoms with E-state index in [2.05, 4.69) is 0 Å². The van der Waals surface area contributed by atoms with E-state index in [-0.39, 0.29) is 11.4 Å². The van der Waals surface area contributed by atoms with Gasteiger partial charge in [0.1, 0.15) is 11.6 Å². The molecular weight excluding hydrogens is 275 g/mol. The first-order valence-corrected chi connectivity index (χ1v) is 6.61. The Kier molecular flexibility index (Phi) is 4.22. The Morgan fingerprint density at radius 3 is 2.94 bits per heavy atom. The van der Waals surface area contributed by atoms with Crippen LogP contribution in [0.1, 0.15) is 16.5 Å². The molecule has 0 spiro atoms. The lowest BCUT2D eigenvalue weighted by molar-refractivity contribution is 0.180. The van der Waals surface area contributed by atoms with Gasteiger partial charge in [-0.25, -0.2) is 4.39 Å². The van der Waals surface area contributed by atoms with Crippen molar-refractivity contribution in [2.75, 3.05) is 7.11 Å². The van der Waals surface area contributed by atoms with Gasteiger partial charge in [0, 0.05) is 16.7 Å². The topological polar surface area (TPSA) is 29.5 Å². The molecule has 96 valence electrons. The molecule has 0 fully saturated rings. The van der Waals surface area contributed by atoms with Crippen LogP contribution < -0.4 is 4.74 Å². The number of aliphatic hydroxyl groups excluding tert-OH is 1. The Balaban J connectivity index is 2.15. The Labute approximate surface area is 114 Å². The molecule has 1 atom stereocenters. The molecule has 5 heteroatoms. The predicted molar refractivity (Wildman–Crippen MR) is 70.9 cm³/mol. The number of ether oxygens (including phenoxy) is 1. The molecule has 0 radical (unpaired) electrons. The standard InChI is InChI=1S/C13H12ClFO2S/c1-17-9-6-12(18-7-9)11(16)5-8-3-2-4-10(14)13(8)15/h2-4,6-7,11,16H,5H2,1H3. The highest BCUT2D eigenvalue weighted by atomic mass is 35.5. The van der Waals surface area contributed by atoms with Crippen molar-refractivity contribution >= 4 is 22.9 Å². The van der Waals surface area contributed by atoms with Crippen LogP contribution in [0.2, 0.25) is 5.02 Å². The van der Waals surface area contributed by atoms with Gasteiger partial charge in [0.2, 0.25) is 0 Å². The quantitative estimate of drug-likeness (QED) is 0.926. The minimum absolute atomic E-state index is 0.0726. The van der Waals surface area contributed by atoms with Crippen LogP contribution in [0.5, 0.6) is 5.75 Å². The van der Waals surface area contributed by atoms with E-state index in [0.717, 1.165) is 4.88 Å². The van der Waals surface area contributed by atoms with Crippen molar-refractivity contribution in [3.8, 4) is 5.75 Å². The number of methoxy groups -OCH3 is 1. The third kappa shape index (κ3) is 2.83. The third-order valence-corrected chi connectivity index (χ3v) is 3.91. The minimum Gasteiger partial charge on any atom is -0.496 e. The predicted octanol–water partition coefficient (Wildman–Crippen LogP) is 3.83.